The molecule has 0 amide bonds. The molecule has 0 saturated heterocycles. The van der Waals surface area contributed by atoms with Gasteiger partial charge in [-0.1, -0.05) is 0 Å². The summed E-state index contributed by atoms with van der Waals surface area (Å²) in [6.45, 7) is 5.87. The van der Waals surface area contributed by atoms with Crippen LogP contribution in [0.3, 0.4) is 0 Å². The molecule has 0 fully saturated rings. The molecule has 86 valence electrons. The van der Waals surface area contributed by atoms with Gasteiger partial charge in [-0.2, -0.15) is 5.26 Å². The highest BCUT2D eigenvalue weighted by atomic mass is 15.3. The summed E-state index contributed by atoms with van der Waals surface area (Å²) < 4.78 is 1.12. The summed E-state index contributed by atoms with van der Waals surface area (Å²) in [6, 6.07) is 1.28. The van der Waals surface area contributed by atoms with Crippen LogP contribution in [0.25, 0.3) is 5.41 Å². The highest BCUT2D eigenvalue weighted by Gasteiger charge is 2.10. The molecule has 0 aromatic heterocycles. The third-order valence-corrected chi connectivity index (χ3v) is 2.11. The van der Waals surface area contributed by atoms with Crippen LogP contribution in [0.5, 0.6) is 0 Å². The molecule has 5 heteroatoms. The summed E-state index contributed by atoms with van der Waals surface area (Å²) in [5.74, 6) is 0. The van der Waals surface area contributed by atoms with E-state index in [1.54, 1.807) is 0 Å². The van der Waals surface area contributed by atoms with E-state index < -0.39 is 0 Å². The van der Waals surface area contributed by atoms with E-state index in [0.29, 0.717) is 0 Å². The lowest BCUT2D eigenvalue weighted by molar-refractivity contribution is -0.887. The maximum Gasteiger partial charge on any atom is 0.0925 e. The van der Waals surface area contributed by atoms with E-state index in [1.165, 1.54) is 31.8 Å². The minimum absolute atomic E-state index is 1.12. The van der Waals surface area contributed by atoms with Crippen molar-refractivity contribution in [3.63, 3.8) is 0 Å². The number of nitriles is 1. The molecule has 0 aromatic carbocycles. The second-order valence-corrected chi connectivity index (χ2v) is 4.09. The first-order chi connectivity index (χ1) is 6.89. The standard InChI is InChI=1S/C8H21N2.C2N3/c1-6-10(4,5)8-7-9(2)3;3-1-5-2-4/h6-8H2,1-5H3;/q+1;-1. The molecule has 0 aliphatic carbocycles. The van der Waals surface area contributed by atoms with Crippen LogP contribution in [0.4, 0.5) is 0 Å². The molecule has 0 radical (unpaired) electrons. The van der Waals surface area contributed by atoms with Crippen molar-refractivity contribution in [3.05, 3.63) is 5.41 Å². The maximum atomic E-state index is 7.43. The minimum Gasteiger partial charge on any atom is -0.422 e. The first kappa shape index (κ1) is 16.2. The van der Waals surface area contributed by atoms with Gasteiger partial charge in [-0.05, 0) is 21.0 Å². The van der Waals surface area contributed by atoms with Crippen LogP contribution >= 0.6 is 0 Å². The molecule has 0 rings (SSSR count). The highest BCUT2D eigenvalue weighted by molar-refractivity contribution is 5.46. The first-order valence-electron chi connectivity index (χ1n) is 4.84. The fraction of sp³-hybridized carbons (Fsp3) is 0.800. The fourth-order valence-corrected chi connectivity index (χ4v) is 0.651. The van der Waals surface area contributed by atoms with E-state index in [0.717, 1.165) is 4.48 Å². The fourth-order valence-electron chi connectivity index (χ4n) is 0.651. The molecular formula is C10H21N5. The summed E-state index contributed by atoms with van der Waals surface area (Å²) >= 11 is 0. The van der Waals surface area contributed by atoms with Gasteiger partial charge in [0.05, 0.1) is 33.4 Å². The summed E-state index contributed by atoms with van der Waals surface area (Å²) in [5, 5.41) is 14.9. The van der Waals surface area contributed by atoms with E-state index in [-0.39, 0.29) is 0 Å². The molecular weight excluding hydrogens is 190 g/mol. The van der Waals surface area contributed by atoms with Crippen LogP contribution in [-0.2, 0) is 0 Å². The number of hydrogen-bond donors (Lipinski definition) is 0. The molecule has 0 spiro atoms. The van der Waals surface area contributed by atoms with E-state index in [4.69, 9.17) is 10.7 Å². The Morgan fingerprint density at radius 3 is 2.13 bits per heavy atom. The van der Waals surface area contributed by atoms with Gasteiger partial charge in [0.15, 0.2) is 0 Å². The molecule has 0 unspecified atom stereocenters. The van der Waals surface area contributed by atoms with Gasteiger partial charge in [-0.25, -0.2) is 0 Å². The van der Waals surface area contributed by atoms with Crippen molar-refractivity contribution in [2.24, 2.45) is 4.99 Å². The van der Waals surface area contributed by atoms with Crippen molar-refractivity contribution in [2.45, 2.75) is 6.92 Å². The van der Waals surface area contributed by atoms with Gasteiger partial charge in [-0.15, -0.1) is 6.01 Å². The van der Waals surface area contributed by atoms with Gasteiger partial charge < -0.3 is 19.8 Å². The summed E-state index contributed by atoms with van der Waals surface area (Å²) in [6.07, 6.45) is 1.28. The minimum atomic E-state index is 1.12. The Kier molecular flexibility index (Phi) is 10.1. The Morgan fingerprint density at radius 2 is 1.93 bits per heavy atom. The Bertz CT molecular complexity index is 233. The molecule has 5 nitrogen and oxygen atoms in total. The molecule has 0 N–H and O–H groups in total. The predicted molar refractivity (Wildman–Crippen MR) is 62.5 cm³/mol. The summed E-state index contributed by atoms with van der Waals surface area (Å²) in [4.78, 5) is 4.82. The van der Waals surface area contributed by atoms with Crippen molar-refractivity contribution >= 4 is 6.01 Å². The number of aliphatic imine (C=N–C) groups is 1. The van der Waals surface area contributed by atoms with Crippen LogP contribution in [0.15, 0.2) is 4.99 Å². The van der Waals surface area contributed by atoms with E-state index >= 15 is 0 Å². The zero-order valence-electron chi connectivity index (χ0n) is 10.4. The third-order valence-electron chi connectivity index (χ3n) is 2.11. The van der Waals surface area contributed by atoms with Gasteiger partial charge in [0.2, 0.25) is 0 Å². The van der Waals surface area contributed by atoms with Gasteiger partial charge in [0.25, 0.3) is 0 Å². The molecule has 15 heavy (non-hydrogen) atoms. The zero-order chi connectivity index (χ0) is 12.3. The predicted octanol–water partition coefficient (Wildman–Crippen LogP) is 0.855. The smallest absolute Gasteiger partial charge is 0.0925 e. The Balaban J connectivity index is 0. The molecule has 0 aliphatic rings. The van der Waals surface area contributed by atoms with Crippen molar-refractivity contribution in [3.8, 4) is 6.19 Å². The highest BCUT2D eigenvalue weighted by Crippen LogP contribution is 1.94. The second-order valence-electron chi connectivity index (χ2n) is 4.09. The summed E-state index contributed by atoms with van der Waals surface area (Å²) in [7, 11) is 8.78. The molecule has 0 heterocycles. The van der Waals surface area contributed by atoms with Crippen molar-refractivity contribution < 1.29 is 4.48 Å². The van der Waals surface area contributed by atoms with Crippen LogP contribution in [0.2, 0.25) is 0 Å². The van der Waals surface area contributed by atoms with Crippen LogP contribution in [0, 0.1) is 11.5 Å². The van der Waals surface area contributed by atoms with Crippen molar-refractivity contribution in [1.29, 1.82) is 5.26 Å². The Morgan fingerprint density at radius 1 is 1.40 bits per heavy atom. The van der Waals surface area contributed by atoms with Crippen LogP contribution in [0.1, 0.15) is 6.92 Å². The number of rotatable bonds is 4. The number of likely N-dealkylation sites (N-methyl/N-ethyl adjacent to an activating group) is 2. The van der Waals surface area contributed by atoms with Gasteiger partial charge in [0.1, 0.15) is 0 Å². The van der Waals surface area contributed by atoms with Crippen molar-refractivity contribution in [2.75, 3.05) is 47.8 Å². The maximum absolute atomic E-state index is 7.43. The van der Waals surface area contributed by atoms with E-state index in [2.05, 4.69) is 45.0 Å². The molecule has 0 saturated carbocycles. The largest absolute Gasteiger partial charge is 0.422 e. The average molecular weight is 211 g/mol. The second kappa shape index (κ2) is 9.35. The third kappa shape index (κ3) is 15.5. The van der Waals surface area contributed by atoms with Crippen LogP contribution < -0.4 is 0 Å². The lowest BCUT2D eigenvalue weighted by Gasteiger charge is -2.29. The average Bonchev–Trinajstić information content (AvgIpc) is 2.17. The molecule has 0 aromatic rings. The quantitative estimate of drug-likeness (QED) is 0.393. The topological polar surface area (TPSA) is 61.7 Å². The lowest BCUT2D eigenvalue weighted by atomic mass is 10.4. The van der Waals surface area contributed by atoms with Gasteiger partial charge >= 0.3 is 0 Å². The molecule has 0 aliphatic heterocycles. The molecule has 0 bridgehead atoms. The number of hydrogen-bond acceptors (Lipinski definition) is 3. The van der Waals surface area contributed by atoms with E-state index in [1.807, 2.05) is 0 Å². The summed E-state index contributed by atoms with van der Waals surface area (Å²) in [5.41, 5.74) is 0. The van der Waals surface area contributed by atoms with Gasteiger partial charge in [0, 0.05) is 6.54 Å². The lowest BCUT2D eigenvalue weighted by Crippen LogP contribution is -2.43. The van der Waals surface area contributed by atoms with Gasteiger partial charge in [-0.3, -0.25) is 0 Å². The monoisotopic (exact) mass is 211 g/mol. The zero-order valence-corrected chi connectivity index (χ0v) is 10.4. The normalized spacial score (nSPS) is 9.67. The number of nitrogens with zero attached hydrogens (tertiary/aromatic N) is 5. The van der Waals surface area contributed by atoms with E-state index in [9.17, 15) is 0 Å². The van der Waals surface area contributed by atoms with Crippen LogP contribution in [-0.4, -0.2) is 63.2 Å². The van der Waals surface area contributed by atoms with Crippen molar-refractivity contribution in [1.82, 2.24) is 4.90 Å². The SMILES string of the molecule is CC[N+](C)(C)CCN(C)C.N#CN=C=[N-]. The number of quaternary nitrogens is 1. The molecule has 0 atom stereocenters. The Hall–Kier alpha value is -1.21. The first-order valence-corrected chi connectivity index (χ1v) is 4.84. The Labute approximate surface area is 92.7 Å².